The van der Waals surface area contributed by atoms with Crippen molar-refractivity contribution in [1.82, 2.24) is 0 Å². The van der Waals surface area contributed by atoms with Gasteiger partial charge in [0.1, 0.15) is 6.54 Å². The molecule has 0 aromatic rings. The minimum atomic E-state index is 0. The highest BCUT2D eigenvalue weighted by Crippen LogP contribution is 2.41. The zero-order chi connectivity index (χ0) is 19.5. The maximum absolute atomic E-state index is 5.90. The van der Waals surface area contributed by atoms with E-state index < -0.39 is 0 Å². The third-order valence-corrected chi connectivity index (χ3v) is 8.26. The molecule has 0 saturated carbocycles. The van der Waals surface area contributed by atoms with Crippen molar-refractivity contribution in [3.8, 4) is 12.3 Å². The summed E-state index contributed by atoms with van der Waals surface area (Å²) in [6.07, 6.45) is 23.4. The Morgan fingerprint density at radius 2 is 1.63 bits per heavy atom. The smallest absolute Gasteiger partial charge is 0.140 e. The molecular formula is C24H41ClIN. The van der Waals surface area contributed by atoms with Crippen LogP contribution >= 0.6 is 22.6 Å². The quantitative estimate of drug-likeness (QED) is 0.117. The molecule has 2 atom stereocenters. The van der Waals surface area contributed by atoms with Gasteiger partial charge in [0, 0.05) is 0 Å². The van der Waals surface area contributed by atoms with E-state index in [1.54, 1.807) is 0 Å². The third-order valence-electron chi connectivity index (χ3n) is 6.09. The van der Waals surface area contributed by atoms with Crippen LogP contribution in [-0.4, -0.2) is 34.1 Å². The zero-order valence-electron chi connectivity index (χ0n) is 18.1. The summed E-state index contributed by atoms with van der Waals surface area (Å²) >= 11 is 2.74. The fourth-order valence-corrected chi connectivity index (χ4v) is 5.31. The van der Waals surface area contributed by atoms with Gasteiger partial charge in [-0.15, -0.1) is 6.42 Å². The average molecular weight is 506 g/mol. The van der Waals surface area contributed by atoms with Gasteiger partial charge < -0.3 is 16.9 Å². The van der Waals surface area contributed by atoms with E-state index in [4.69, 9.17) is 6.42 Å². The Labute approximate surface area is 189 Å². The highest BCUT2D eigenvalue weighted by atomic mass is 127. The lowest BCUT2D eigenvalue weighted by atomic mass is 9.82. The monoisotopic (exact) mass is 505 g/mol. The minimum Gasteiger partial charge on any atom is -1.00 e. The molecule has 0 aliphatic heterocycles. The van der Waals surface area contributed by atoms with Crippen molar-refractivity contribution < 1.29 is 16.9 Å². The molecule has 0 fully saturated rings. The number of nitrogens with zero attached hydrogens (tertiary/aromatic N) is 1. The Balaban J connectivity index is 0.00000676. The molecular weight excluding hydrogens is 465 g/mol. The molecule has 1 aliphatic carbocycles. The number of hydrogen-bond donors (Lipinski definition) is 0. The molecule has 0 spiro atoms. The summed E-state index contributed by atoms with van der Waals surface area (Å²) in [6.45, 7) is 13.8. The minimum absolute atomic E-state index is 0. The molecule has 0 heterocycles. The molecule has 0 N–H and O–H groups in total. The maximum Gasteiger partial charge on any atom is 0.140 e. The van der Waals surface area contributed by atoms with Crippen LogP contribution in [-0.2, 0) is 0 Å². The van der Waals surface area contributed by atoms with Crippen LogP contribution in [0, 0.1) is 18.3 Å². The summed E-state index contributed by atoms with van der Waals surface area (Å²) in [5, 5.41) is 0. The van der Waals surface area contributed by atoms with E-state index in [-0.39, 0.29) is 15.8 Å². The van der Waals surface area contributed by atoms with Crippen LogP contribution in [0.25, 0.3) is 0 Å². The van der Waals surface area contributed by atoms with Gasteiger partial charge in [-0.25, -0.2) is 0 Å². The average Bonchev–Trinajstić information content (AvgIpc) is 2.61. The Hall–Kier alpha value is 0.0200. The molecule has 0 amide bonds. The van der Waals surface area contributed by atoms with Gasteiger partial charge in [0.2, 0.25) is 0 Å². The Morgan fingerprint density at radius 1 is 1.07 bits per heavy atom. The van der Waals surface area contributed by atoms with Crippen LogP contribution in [0.15, 0.2) is 23.8 Å². The van der Waals surface area contributed by atoms with Gasteiger partial charge in [-0.05, 0) is 44.4 Å². The molecule has 27 heavy (non-hydrogen) atoms. The summed E-state index contributed by atoms with van der Waals surface area (Å²) in [4.78, 5) is 0. The van der Waals surface area contributed by atoms with Crippen LogP contribution in [0.4, 0.5) is 0 Å². The number of alkyl halides is 1. The number of allylic oxidation sites excluding steroid dienone is 3. The number of halogens is 2. The fraction of sp³-hybridized carbons (Fsp3) is 0.750. The van der Waals surface area contributed by atoms with E-state index in [9.17, 15) is 0 Å². The van der Waals surface area contributed by atoms with Crippen molar-refractivity contribution in [1.29, 1.82) is 0 Å². The van der Waals surface area contributed by atoms with E-state index >= 15 is 0 Å². The second-order valence-electron chi connectivity index (χ2n) is 8.32. The van der Waals surface area contributed by atoms with E-state index in [1.807, 2.05) is 0 Å². The lowest BCUT2D eigenvalue weighted by Gasteiger charge is -2.46. The number of rotatable bonds is 13. The highest BCUT2D eigenvalue weighted by Gasteiger charge is 2.43. The molecule has 156 valence electrons. The van der Waals surface area contributed by atoms with Crippen molar-refractivity contribution >= 4 is 22.6 Å². The molecule has 1 nitrogen and oxygen atoms in total. The standard InChI is InChI=1S/C24H41IN.ClH/c1-6-9-11-13-19-26(18-8-3,20-14-12-10-7-2)21-24(25)22(4)16-15-17-23(24)5;/h3,15-17,22H,6-7,9-14,18-21H2,1-2,4-5H3;1H/q+1;/p-1. The van der Waals surface area contributed by atoms with Gasteiger partial charge >= 0.3 is 0 Å². The fourth-order valence-electron chi connectivity index (χ4n) is 4.20. The number of quaternary nitrogens is 1. The summed E-state index contributed by atoms with van der Waals surface area (Å²) in [7, 11) is 0. The molecule has 0 bridgehead atoms. The van der Waals surface area contributed by atoms with Crippen LogP contribution in [0.5, 0.6) is 0 Å². The lowest BCUT2D eigenvalue weighted by Crippen LogP contribution is -3.00. The van der Waals surface area contributed by atoms with Crippen molar-refractivity contribution in [2.45, 2.75) is 82.5 Å². The SMILES string of the molecule is C#CC[N+](CCCCCC)(CCCCCC)CC1(I)C(C)=CC=CC1C.[Cl-]. The molecule has 0 aromatic heterocycles. The van der Waals surface area contributed by atoms with Crippen molar-refractivity contribution in [2.75, 3.05) is 26.2 Å². The molecule has 0 aromatic carbocycles. The van der Waals surface area contributed by atoms with E-state index in [1.165, 1.54) is 76.6 Å². The molecule has 0 saturated heterocycles. The summed E-state index contributed by atoms with van der Waals surface area (Å²) in [5.74, 6) is 3.62. The summed E-state index contributed by atoms with van der Waals surface area (Å²) in [5.41, 5.74) is 1.51. The van der Waals surface area contributed by atoms with Crippen LogP contribution in [0.2, 0.25) is 0 Å². The van der Waals surface area contributed by atoms with Crippen molar-refractivity contribution in [2.24, 2.45) is 5.92 Å². The molecule has 1 rings (SSSR count). The second kappa shape index (κ2) is 14.1. The first kappa shape index (κ1) is 27.0. The third kappa shape index (κ3) is 8.50. The van der Waals surface area contributed by atoms with Gasteiger partial charge in [0.25, 0.3) is 0 Å². The number of unbranched alkanes of at least 4 members (excludes halogenated alkanes) is 6. The van der Waals surface area contributed by atoms with E-state index in [0.717, 1.165) is 11.0 Å². The van der Waals surface area contributed by atoms with Crippen LogP contribution < -0.4 is 12.4 Å². The normalized spacial score (nSPS) is 22.1. The summed E-state index contributed by atoms with van der Waals surface area (Å²) < 4.78 is 1.30. The van der Waals surface area contributed by atoms with Gasteiger partial charge in [-0.1, -0.05) is 92.8 Å². The molecule has 0 radical (unpaired) electrons. The summed E-state index contributed by atoms with van der Waals surface area (Å²) in [6, 6.07) is 0. The predicted molar refractivity (Wildman–Crippen MR) is 126 cm³/mol. The number of terminal acetylenes is 1. The Kier molecular flexibility index (Phi) is 14.1. The Morgan fingerprint density at radius 3 is 2.07 bits per heavy atom. The first-order valence-electron chi connectivity index (χ1n) is 10.8. The first-order valence-corrected chi connectivity index (χ1v) is 11.8. The molecule has 3 heteroatoms. The largest absolute Gasteiger partial charge is 1.00 e. The highest BCUT2D eigenvalue weighted by molar-refractivity contribution is 14.1. The van der Waals surface area contributed by atoms with Crippen LogP contribution in [0.3, 0.4) is 0 Å². The predicted octanol–water partition coefficient (Wildman–Crippen LogP) is 3.93. The van der Waals surface area contributed by atoms with Gasteiger partial charge in [-0.3, -0.25) is 0 Å². The van der Waals surface area contributed by atoms with E-state index in [2.05, 4.69) is 74.4 Å². The topological polar surface area (TPSA) is 0 Å². The first-order chi connectivity index (χ1) is 12.4. The molecule has 1 aliphatic rings. The Bertz CT molecular complexity index is 493. The zero-order valence-corrected chi connectivity index (χ0v) is 21.0. The van der Waals surface area contributed by atoms with E-state index in [0.29, 0.717) is 5.92 Å². The molecule has 2 unspecified atom stereocenters. The number of hydrogen-bond acceptors (Lipinski definition) is 0. The van der Waals surface area contributed by atoms with Crippen molar-refractivity contribution in [3.63, 3.8) is 0 Å². The van der Waals surface area contributed by atoms with Gasteiger partial charge in [0.05, 0.1) is 23.1 Å². The second-order valence-corrected chi connectivity index (χ2v) is 10.2. The lowest BCUT2D eigenvalue weighted by molar-refractivity contribution is -0.923. The van der Waals surface area contributed by atoms with Crippen LogP contribution in [0.1, 0.15) is 79.1 Å². The maximum atomic E-state index is 5.90. The van der Waals surface area contributed by atoms with Crippen molar-refractivity contribution in [3.05, 3.63) is 23.8 Å². The van der Waals surface area contributed by atoms with Gasteiger partial charge in [-0.2, -0.15) is 0 Å². The van der Waals surface area contributed by atoms with Gasteiger partial charge in [0.15, 0.2) is 0 Å².